The Morgan fingerprint density at radius 1 is 1.43 bits per heavy atom. The average molecular weight is 320 g/mol. The van der Waals surface area contributed by atoms with Crippen molar-refractivity contribution in [1.82, 2.24) is 0 Å². The molecule has 0 aromatic carbocycles. The average Bonchev–Trinajstić information content (AvgIpc) is 2.77. The Hall–Kier alpha value is -2.21. The molecule has 6 nitrogen and oxygen atoms in total. The van der Waals surface area contributed by atoms with Gasteiger partial charge in [-0.1, -0.05) is 6.58 Å². The van der Waals surface area contributed by atoms with E-state index in [1.54, 1.807) is 13.0 Å². The van der Waals surface area contributed by atoms with Crippen LogP contribution in [0.2, 0.25) is 0 Å². The highest BCUT2D eigenvalue weighted by atomic mass is 16.6. The highest BCUT2D eigenvalue weighted by molar-refractivity contribution is 5.96. The Morgan fingerprint density at radius 2 is 2.13 bits per heavy atom. The number of esters is 2. The van der Waals surface area contributed by atoms with Crippen molar-refractivity contribution in [3.8, 4) is 0 Å². The molecule has 2 atom stereocenters. The molecule has 0 fully saturated rings. The van der Waals surface area contributed by atoms with Gasteiger partial charge in [0.1, 0.15) is 12.2 Å². The van der Waals surface area contributed by atoms with Crippen LogP contribution in [0.25, 0.3) is 0 Å². The van der Waals surface area contributed by atoms with Crippen LogP contribution < -0.4 is 0 Å². The van der Waals surface area contributed by atoms with E-state index in [9.17, 15) is 19.5 Å². The van der Waals surface area contributed by atoms with E-state index in [4.69, 9.17) is 9.47 Å². The number of carbonyl (C=O) groups is 3. The predicted molar refractivity (Wildman–Crippen MR) is 81.3 cm³/mol. The summed E-state index contributed by atoms with van der Waals surface area (Å²) in [5.41, 5.74) is 1.90. The number of ether oxygens (including phenoxy) is 2. The molecular weight excluding hydrogens is 300 g/mol. The molecule has 0 unspecified atom stereocenters. The van der Waals surface area contributed by atoms with Gasteiger partial charge in [-0.05, 0) is 42.6 Å². The van der Waals surface area contributed by atoms with E-state index in [1.165, 1.54) is 6.92 Å². The van der Waals surface area contributed by atoms with Crippen molar-refractivity contribution >= 4 is 17.7 Å². The zero-order valence-electron chi connectivity index (χ0n) is 13.3. The van der Waals surface area contributed by atoms with Gasteiger partial charge in [0.15, 0.2) is 5.78 Å². The third kappa shape index (κ3) is 3.76. The second-order valence-electron chi connectivity index (χ2n) is 5.73. The fourth-order valence-electron chi connectivity index (χ4n) is 2.73. The van der Waals surface area contributed by atoms with Gasteiger partial charge in [-0.25, -0.2) is 4.79 Å². The molecule has 0 aromatic heterocycles. The van der Waals surface area contributed by atoms with Gasteiger partial charge in [-0.3, -0.25) is 9.59 Å². The monoisotopic (exact) mass is 320 g/mol. The Labute approximate surface area is 134 Å². The summed E-state index contributed by atoms with van der Waals surface area (Å²) in [5.74, 6) is -1.23. The largest absolute Gasteiger partial charge is 0.458 e. The first-order chi connectivity index (χ1) is 10.8. The Kier molecular flexibility index (Phi) is 5.15. The lowest BCUT2D eigenvalue weighted by atomic mass is 9.90. The maximum atomic E-state index is 12.2. The predicted octanol–water partition coefficient (Wildman–Crippen LogP) is 1.39. The zero-order valence-corrected chi connectivity index (χ0v) is 13.3. The van der Waals surface area contributed by atoms with Crippen molar-refractivity contribution < 1.29 is 29.0 Å². The van der Waals surface area contributed by atoms with Crippen molar-refractivity contribution in [2.45, 2.75) is 45.3 Å². The van der Waals surface area contributed by atoms with Crippen LogP contribution in [-0.4, -0.2) is 41.6 Å². The number of fused-ring (bicyclic) bond motifs is 1. The van der Waals surface area contributed by atoms with Gasteiger partial charge in [-0.2, -0.15) is 0 Å². The van der Waals surface area contributed by atoms with Crippen LogP contribution in [0, 0.1) is 0 Å². The summed E-state index contributed by atoms with van der Waals surface area (Å²) < 4.78 is 10.5. The number of carbonyl (C=O) groups excluding carboxylic acids is 3. The number of aliphatic hydroxyl groups is 1. The maximum Gasteiger partial charge on any atom is 0.337 e. The van der Waals surface area contributed by atoms with Crippen molar-refractivity contribution in [2.24, 2.45) is 0 Å². The molecule has 0 saturated heterocycles. The first kappa shape index (κ1) is 17.1. The van der Waals surface area contributed by atoms with E-state index < -0.39 is 30.8 Å². The lowest BCUT2D eigenvalue weighted by Gasteiger charge is -2.21. The molecule has 0 spiro atoms. The van der Waals surface area contributed by atoms with Gasteiger partial charge >= 0.3 is 11.9 Å². The molecule has 1 aliphatic heterocycles. The van der Waals surface area contributed by atoms with Gasteiger partial charge in [-0.15, -0.1) is 0 Å². The fraction of sp³-hybridized carbons (Fsp3) is 0.471. The second kappa shape index (κ2) is 6.91. The van der Waals surface area contributed by atoms with E-state index >= 15 is 0 Å². The van der Waals surface area contributed by atoms with Crippen LogP contribution in [0.1, 0.15) is 33.1 Å². The van der Waals surface area contributed by atoms with Gasteiger partial charge < -0.3 is 14.6 Å². The zero-order chi connectivity index (χ0) is 17.1. The minimum Gasteiger partial charge on any atom is -0.458 e. The van der Waals surface area contributed by atoms with Crippen LogP contribution in [0.15, 0.2) is 34.9 Å². The highest BCUT2D eigenvalue weighted by Crippen LogP contribution is 2.31. The molecular formula is C17H20O6. The number of allylic oxidation sites excluding steroid dienone is 1. The summed E-state index contributed by atoms with van der Waals surface area (Å²) in [6.07, 6.45) is 1.15. The summed E-state index contributed by atoms with van der Waals surface area (Å²) in [6.45, 7) is 6.35. The van der Waals surface area contributed by atoms with E-state index in [0.29, 0.717) is 29.6 Å². The van der Waals surface area contributed by atoms with E-state index in [1.807, 2.05) is 0 Å². The van der Waals surface area contributed by atoms with Gasteiger partial charge in [0.2, 0.25) is 0 Å². The number of aliphatic hydroxyl groups excluding tert-OH is 1. The third-order valence-corrected chi connectivity index (χ3v) is 4.06. The molecule has 0 amide bonds. The standard InChI is InChI=1S/C17H20O6/c1-9-4-5-12-13(8-18)17(21)23-16(12)6-10(2)15(7-14(9)20)22-11(3)19/h6,15-16,18H,1,4-5,7-8H2,2-3H3/b10-6+/t15-,16+/m0/s1. The van der Waals surface area contributed by atoms with Crippen LogP contribution in [-0.2, 0) is 23.9 Å². The quantitative estimate of drug-likeness (QED) is 0.470. The van der Waals surface area contributed by atoms with E-state index in [-0.39, 0.29) is 17.8 Å². The summed E-state index contributed by atoms with van der Waals surface area (Å²) in [5, 5.41) is 9.38. The summed E-state index contributed by atoms with van der Waals surface area (Å²) in [4.78, 5) is 35.3. The number of ketones is 1. The summed E-state index contributed by atoms with van der Waals surface area (Å²) in [6, 6.07) is 0. The van der Waals surface area contributed by atoms with Crippen LogP contribution >= 0.6 is 0 Å². The topological polar surface area (TPSA) is 89.9 Å². The minimum atomic E-state index is -0.715. The molecule has 2 aliphatic rings. The highest BCUT2D eigenvalue weighted by Gasteiger charge is 2.34. The van der Waals surface area contributed by atoms with Crippen molar-refractivity contribution in [3.05, 3.63) is 34.9 Å². The van der Waals surface area contributed by atoms with Gasteiger partial charge in [0.25, 0.3) is 0 Å². The first-order valence-corrected chi connectivity index (χ1v) is 7.43. The molecule has 1 heterocycles. The Balaban J connectivity index is 2.43. The van der Waals surface area contributed by atoms with Crippen molar-refractivity contribution in [2.75, 3.05) is 6.61 Å². The summed E-state index contributed by atoms with van der Waals surface area (Å²) >= 11 is 0. The first-order valence-electron chi connectivity index (χ1n) is 7.43. The molecule has 124 valence electrons. The summed E-state index contributed by atoms with van der Waals surface area (Å²) in [7, 11) is 0. The van der Waals surface area contributed by atoms with Crippen molar-refractivity contribution in [1.29, 1.82) is 0 Å². The molecule has 2 rings (SSSR count). The fourth-order valence-corrected chi connectivity index (χ4v) is 2.73. The lowest BCUT2D eigenvalue weighted by Crippen LogP contribution is -2.24. The van der Waals surface area contributed by atoms with Crippen LogP contribution in [0.3, 0.4) is 0 Å². The normalized spacial score (nSPS) is 28.0. The molecule has 0 radical (unpaired) electrons. The number of hydrogen-bond acceptors (Lipinski definition) is 6. The molecule has 1 aliphatic carbocycles. The van der Waals surface area contributed by atoms with Crippen LogP contribution in [0.4, 0.5) is 0 Å². The second-order valence-corrected chi connectivity index (χ2v) is 5.73. The lowest BCUT2D eigenvalue weighted by molar-refractivity contribution is -0.146. The number of hydrogen-bond donors (Lipinski definition) is 1. The third-order valence-electron chi connectivity index (χ3n) is 4.06. The molecule has 6 heteroatoms. The Bertz CT molecular complexity index is 625. The number of rotatable bonds is 2. The van der Waals surface area contributed by atoms with Crippen molar-refractivity contribution in [3.63, 3.8) is 0 Å². The molecule has 1 N–H and O–H groups in total. The SMILES string of the molecule is C=C1CCC2=C(CO)C(=O)O[C@@H]2/C=C(\C)[C@@H](OC(C)=O)CC1=O. The van der Waals surface area contributed by atoms with Crippen LogP contribution in [0.5, 0.6) is 0 Å². The molecule has 0 aromatic rings. The smallest absolute Gasteiger partial charge is 0.337 e. The minimum absolute atomic E-state index is 0.0211. The molecule has 0 saturated carbocycles. The molecule has 23 heavy (non-hydrogen) atoms. The van der Waals surface area contributed by atoms with Gasteiger partial charge in [0, 0.05) is 6.92 Å². The van der Waals surface area contributed by atoms with E-state index in [2.05, 4.69) is 6.58 Å². The maximum absolute atomic E-state index is 12.2. The molecule has 0 bridgehead atoms. The Morgan fingerprint density at radius 3 is 2.74 bits per heavy atom. The van der Waals surface area contributed by atoms with E-state index in [0.717, 1.165) is 0 Å². The number of Topliss-reactive ketones (excluding diaryl/α,β-unsaturated/α-hetero) is 1. The van der Waals surface area contributed by atoms with Gasteiger partial charge in [0.05, 0.1) is 18.6 Å².